The van der Waals surface area contributed by atoms with Crippen LogP contribution in [0.2, 0.25) is 0 Å². The number of amides is 1. The van der Waals surface area contributed by atoms with Gasteiger partial charge in [0.1, 0.15) is 0 Å². The first kappa shape index (κ1) is 16.9. The molecular formula is C19H30N2O. The molecule has 122 valence electrons. The molecule has 0 saturated heterocycles. The number of nitrogens with one attached hydrogen (secondary N) is 1. The summed E-state index contributed by atoms with van der Waals surface area (Å²) in [5.41, 5.74) is 8.03. The monoisotopic (exact) mass is 302 g/mol. The van der Waals surface area contributed by atoms with Gasteiger partial charge in [0.05, 0.1) is 0 Å². The summed E-state index contributed by atoms with van der Waals surface area (Å²) in [5, 5.41) is 3.29. The molecule has 3 N–H and O–H groups in total. The highest BCUT2D eigenvalue weighted by molar-refractivity contribution is 5.76. The van der Waals surface area contributed by atoms with Crippen LogP contribution < -0.4 is 11.1 Å². The smallest absolute Gasteiger partial charge is 0.220 e. The lowest BCUT2D eigenvalue weighted by Gasteiger charge is -2.40. The van der Waals surface area contributed by atoms with Crippen LogP contribution >= 0.6 is 0 Å². The van der Waals surface area contributed by atoms with Crippen LogP contribution in [0.5, 0.6) is 0 Å². The van der Waals surface area contributed by atoms with Crippen LogP contribution in [0.3, 0.4) is 0 Å². The number of para-hydroxylation sites is 1. The van der Waals surface area contributed by atoms with Gasteiger partial charge in [-0.05, 0) is 42.2 Å². The maximum atomic E-state index is 12.3. The van der Waals surface area contributed by atoms with Crippen molar-refractivity contribution in [2.45, 2.75) is 65.3 Å². The Morgan fingerprint density at radius 2 is 1.91 bits per heavy atom. The molecule has 3 nitrogen and oxygen atoms in total. The molecule has 0 radical (unpaired) electrons. The minimum absolute atomic E-state index is 0.157. The Labute approximate surface area is 134 Å². The van der Waals surface area contributed by atoms with Gasteiger partial charge in [0, 0.05) is 18.2 Å². The SMILES string of the molecule is CC(C)(C)C1CCCCC1NC(=O)CCc1ccccc1N. The van der Waals surface area contributed by atoms with E-state index in [1.165, 1.54) is 19.3 Å². The molecule has 1 aromatic carbocycles. The third-order valence-corrected chi connectivity index (χ3v) is 4.90. The van der Waals surface area contributed by atoms with E-state index in [4.69, 9.17) is 5.73 Å². The first-order chi connectivity index (χ1) is 10.4. The van der Waals surface area contributed by atoms with E-state index in [-0.39, 0.29) is 11.3 Å². The zero-order valence-corrected chi connectivity index (χ0v) is 14.2. The zero-order chi connectivity index (χ0) is 16.2. The van der Waals surface area contributed by atoms with Gasteiger partial charge in [-0.1, -0.05) is 51.8 Å². The summed E-state index contributed by atoms with van der Waals surface area (Å²) in [6.45, 7) is 6.85. The van der Waals surface area contributed by atoms with Gasteiger partial charge in [-0.3, -0.25) is 4.79 Å². The Kier molecular flexibility index (Phi) is 5.49. The van der Waals surface area contributed by atoms with E-state index >= 15 is 0 Å². The zero-order valence-electron chi connectivity index (χ0n) is 14.2. The summed E-state index contributed by atoms with van der Waals surface area (Å²) in [6.07, 6.45) is 6.08. The normalized spacial score (nSPS) is 22.3. The number of hydrogen-bond donors (Lipinski definition) is 2. The van der Waals surface area contributed by atoms with Gasteiger partial charge >= 0.3 is 0 Å². The predicted octanol–water partition coefficient (Wildman–Crippen LogP) is 3.92. The van der Waals surface area contributed by atoms with Crippen LogP contribution in [0.4, 0.5) is 5.69 Å². The number of nitrogens with two attached hydrogens (primary N) is 1. The third-order valence-electron chi connectivity index (χ3n) is 4.90. The number of nitrogen functional groups attached to an aromatic ring is 1. The third kappa shape index (κ3) is 4.49. The van der Waals surface area contributed by atoms with Gasteiger partial charge in [-0.25, -0.2) is 0 Å². The highest BCUT2D eigenvalue weighted by Crippen LogP contribution is 2.38. The van der Waals surface area contributed by atoms with Crippen molar-refractivity contribution >= 4 is 11.6 Å². The van der Waals surface area contributed by atoms with E-state index in [0.717, 1.165) is 17.7 Å². The lowest BCUT2D eigenvalue weighted by atomic mass is 9.69. The molecule has 2 atom stereocenters. The summed E-state index contributed by atoms with van der Waals surface area (Å²) < 4.78 is 0. The van der Waals surface area contributed by atoms with Crippen molar-refractivity contribution in [1.29, 1.82) is 0 Å². The lowest BCUT2D eigenvalue weighted by molar-refractivity contribution is -0.122. The Morgan fingerprint density at radius 1 is 1.23 bits per heavy atom. The fourth-order valence-corrected chi connectivity index (χ4v) is 3.63. The second-order valence-electron chi connectivity index (χ2n) is 7.63. The van der Waals surface area contributed by atoms with E-state index < -0.39 is 0 Å². The van der Waals surface area contributed by atoms with Gasteiger partial charge < -0.3 is 11.1 Å². The molecule has 3 heteroatoms. The number of aryl methyl sites for hydroxylation is 1. The standard InChI is InChI=1S/C19H30N2O/c1-19(2,3)15-9-5-7-11-17(15)21-18(22)13-12-14-8-4-6-10-16(14)20/h4,6,8,10,15,17H,5,7,9,11-13,20H2,1-3H3,(H,21,22). The van der Waals surface area contributed by atoms with E-state index in [1.54, 1.807) is 0 Å². The van der Waals surface area contributed by atoms with Crippen LogP contribution in [0.1, 0.15) is 58.4 Å². The Balaban J connectivity index is 1.89. The molecule has 2 rings (SSSR count). The molecule has 1 amide bonds. The number of hydrogen-bond acceptors (Lipinski definition) is 2. The molecule has 0 aromatic heterocycles. The van der Waals surface area contributed by atoms with Crippen molar-refractivity contribution < 1.29 is 4.79 Å². The second kappa shape index (κ2) is 7.17. The van der Waals surface area contributed by atoms with Gasteiger partial charge in [0.2, 0.25) is 5.91 Å². The molecule has 0 bridgehead atoms. The van der Waals surface area contributed by atoms with Gasteiger partial charge in [-0.15, -0.1) is 0 Å². The lowest BCUT2D eigenvalue weighted by Crippen LogP contribution is -2.46. The molecule has 1 fully saturated rings. The van der Waals surface area contributed by atoms with Crippen LogP contribution in [0.25, 0.3) is 0 Å². The minimum Gasteiger partial charge on any atom is -0.399 e. The van der Waals surface area contributed by atoms with Crippen LogP contribution in [0, 0.1) is 11.3 Å². The highest BCUT2D eigenvalue weighted by atomic mass is 16.1. The van der Waals surface area contributed by atoms with E-state index in [2.05, 4.69) is 26.1 Å². The highest BCUT2D eigenvalue weighted by Gasteiger charge is 2.34. The quantitative estimate of drug-likeness (QED) is 0.828. The Hall–Kier alpha value is -1.51. The number of benzene rings is 1. The second-order valence-corrected chi connectivity index (χ2v) is 7.63. The first-order valence-corrected chi connectivity index (χ1v) is 8.50. The van der Waals surface area contributed by atoms with E-state index in [9.17, 15) is 4.79 Å². The van der Waals surface area contributed by atoms with Crippen LogP contribution in [0.15, 0.2) is 24.3 Å². The van der Waals surface area contributed by atoms with Crippen molar-refractivity contribution in [1.82, 2.24) is 5.32 Å². The molecule has 1 aromatic rings. The average molecular weight is 302 g/mol. The van der Waals surface area contributed by atoms with Crippen molar-refractivity contribution in [3.63, 3.8) is 0 Å². The van der Waals surface area contributed by atoms with Crippen LogP contribution in [-0.4, -0.2) is 11.9 Å². The molecule has 1 saturated carbocycles. The largest absolute Gasteiger partial charge is 0.399 e. The number of carbonyl (C=O) groups is 1. The number of carbonyl (C=O) groups excluding carboxylic acids is 1. The van der Waals surface area contributed by atoms with Crippen molar-refractivity contribution in [2.75, 3.05) is 5.73 Å². The maximum absolute atomic E-state index is 12.3. The van der Waals surface area contributed by atoms with Crippen molar-refractivity contribution in [3.8, 4) is 0 Å². The molecule has 0 heterocycles. The summed E-state index contributed by atoms with van der Waals surface area (Å²) in [5.74, 6) is 0.733. The van der Waals surface area contributed by atoms with Crippen LogP contribution in [-0.2, 0) is 11.2 Å². The summed E-state index contributed by atoms with van der Waals surface area (Å²) in [6, 6.07) is 8.12. The van der Waals surface area contributed by atoms with Gasteiger partial charge in [0.15, 0.2) is 0 Å². The van der Waals surface area contributed by atoms with Gasteiger partial charge in [0.25, 0.3) is 0 Å². The van der Waals surface area contributed by atoms with E-state index in [1.807, 2.05) is 24.3 Å². The fraction of sp³-hybridized carbons (Fsp3) is 0.632. The molecule has 2 unspecified atom stereocenters. The molecule has 22 heavy (non-hydrogen) atoms. The maximum Gasteiger partial charge on any atom is 0.220 e. The summed E-state index contributed by atoms with van der Waals surface area (Å²) in [4.78, 5) is 12.3. The topological polar surface area (TPSA) is 55.1 Å². The molecule has 0 aliphatic heterocycles. The van der Waals surface area contributed by atoms with E-state index in [0.29, 0.717) is 24.8 Å². The first-order valence-electron chi connectivity index (χ1n) is 8.50. The fourth-order valence-electron chi connectivity index (χ4n) is 3.63. The molecular weight excluding hydrogens is 272 g/mol. The molecule has 1 aliphatic rings. The summed E-state index contributed by atoms with van der Waals surface area (Å²) >= 11 is 0. The average Bonchev–Trinajstić information content (AvgIpc) is 2.46. The number of rotatable bonds is 4. The Bertz CT molecular complexity index is 504. The molecule has 0 spiro atoms. The van der Waals surface area contributed by atoms with Gasteiger partial charge in [-0.2, -0.15) is 0 Å². The number of anilines is 1. The Morgan fingerprint density at radius 3 is 2.59 bits per heavy atom. The minimum atomic E-state index is 0.157. The van der Waals surface area contributed by atoms with Crippen molar-refractivity contribution in [3.05, 3.63) is 29.8 Å². The predicted molar refractivity (Wildman–Crippen MR) is 92.5 cm³/mol. The summed E-state index contributed by atoms with van der Waals surface area (Å²) in [7, 11) is 0. The molecule has 1 aliphatic carbocycles. The van der Waals surface area contributed by atoms with Crippen molar-refractivity contribution in [2.24, 2.45) is 11.3 Å².